The van der Waals surface area contributed by atoms with E-state index in [1.807, 2.05) is 6.08 Å². The van der Waals surface area contributed by atoms with Gasteiger partial charge in [0.1, 0.15) is 0 Å². The van der Waals surface area contributed by atoms with E-state index in [2.05, 4.69) is 61.3 Å². The lowest BCUT2D eigenvalue weighted by Gasteiger charge is -2.48. The number of hydrogen-bond acceptors (Lipinski definition) is 2. The fourth-order valence-corrected chi connectivity index (χ4v) is 3.33. The fourth-order valence-electron chi connectivity index (χ4n) is 3.25. The Kier molecular flexibility index (Phi) is 5.86. The summed E-state index contributed by atoms with van der Waals surface area (Å²) in [5, 5.41) is 3.78. The van der Waals surface area contributed by atoms with E-state index >= 15 is 0 Å². The Morgan fingerprint density at radius 1 is 1.43 bits per heavy atom. The summed E-state index contributed by atoms with van der Waals surface area (Å²) in [4.78, 5) is 2.57. The van der Waals surface area contributed by atoms with Gasteiger partial charge >= 0.3 is 0 Å². The Labute approximate surface area is 134 Å². The van der Waals surface area contributed by atoms with Crippen molar-refractivity contribution in [2.75, 3.05) is 19.6 Å². The molecule has 2 rings (SSSR count). The zero-order chi connectivity index (χ0) is 15.3. The van der Waals surface area contributed by atoms with E-state index < -0.39 is 0 Å². The van der Waals surface area contributed by atoms with E-state index in [1.165, 1.54) is 12.0 Å². The highest BCUT2D eigenvalue weighted by molar-refractivity contribution is 6.25. The molecule has 1 heterocycles. The number of rotatable bonds is 5. The van der Waals surface area contributed by atoms with Gasteiger partial charge in [0.15, 0.2) is 0 Å². The molecule has 0 spiro atoms. The molecule has 1 saturated heterocycles. The van der Waals surface area contributed by atoms with E-state index in [0.29, 0.717) is 12.0 Å². The van der Waals surface area contributed by atoms with Crippen LogP contribution in [0.4, 0.5) is 0 Å². The van der Waals surface area contributed by atoms with Crippen LogP contribution in [-0.2, 0) is 5.54 Å². The average Bonchev–Trinajstić information content (AvgIpc) is 2.53. The van der Waals surface area contributed by atoms with Crippen molar-refractivity contribution in [3.63, 3.8) is 0 Å². The Hall–Kier alpha value is -0.830. The zero-order valence-electron chi connectivity index (χ0n) is 13.3. The standard InChI is InChI=1S/C18H27ClN2/c1-4-15(2)17-13-20-18(3,14-21(17)12-8-11-19)16-9-6-5-7-10-16/h5-11,15,17,20H,4,12-14H2,1-3H3/b11-8+. The highest BCUT2D eigenvalue weighted by atomic mass is 35.5. The van der Waals surface area contributed by atoms with Crippen LogP contribution in [0, 0.1) is 5.92 Å². The molecule has 0 saturated carbocycles. The Morgan fingerprint density at radius 2 is 2.14 bits per heavy atom. The van der Waals surface area contributed by atoms with E-state index in [9.17, 15) is 0 Å². The summed E-state index contributed by atoms with van der Waals surface area (Å²) < 4.78 is 0. The molecular formula is C18H27ClN2. The first-order valence-corrected chi connectivity index (χ1v) is 8.34. The molecule has 1 aromatic rings. The monoisotopic (exact) mass is 306 g/mol. The molecule has 0 aromatic heterocycles. The lowest BCUT2D eigenvalue weighted by atomic mass is 9.85. The van der Waals surface area contributed by atoms with Crippen molar-refractivity contribution in [3.05, 3.63) is 47.5 Å². The molecule has 21 heavy (non-hydrogen) atoms. The van der Waals surface area contributed by atoms with Crippen LogP contribution in [0.25, 0.3) is 0 Å². The second-order valence-corrected chi connectivity index (χ2v) is 6.58. The maximum absolute atomic E-state index is 5.75. The first-order chi connectivity index (χ1) is 10.1. The van der Waals surface area contributed by atoms with E-state index in [-0.39, 0.29) is 5.54 Å². The minimum absolute atomic E-state index is 0.00533. The molecular weight excluding hydrogens is 280 g/mol. The highest BCUT2D eigenvalue weighted by Crippen LogP contribution is 2.29. The van der Waals surface area contributed by atoms with Crippen molar-refractivity contribution >= 4 is 11.6 Å². The van der Waals surface area contributed by atoms with Gasteiger partial charge in [-0.25, -0.2) is 0 Å². The van der Waals surface area contributed by atoms with Gasteiger partial charge in [0, 0.05) is 31.2 Å². The average molecular weight is 307 g/mol. The van der Waals surface area contributed by atoms with Crippen molar-refractivity contribution in [2.45, 2.75) is 38.8 Å². The summed E-state index contributed by atoms with van der Waals surface area (Å²) in [6.07, 6.45) is 3.25. The molecule has 3 unspecified atom stereocenters. The minimum Gasteiger partial charge on any atom is -0.305 e. The third-order valence-electron chi connectivity index (χ3n) is 4.83. The van der Waals surface area contributed by atoms with Gasteiger partial charge in [-0.3, -0.25) is 4.90 Å². The van der Waals surface area contributed by atoms with Gasteiger partial charge in [-0.15, -0.1) is 0 Å². The second-order valence-electron chi connectivity index (χ2n) is 6.32. The van der Waals surface area contributed by atoms with E-state index in [0.717, 1.165) is 19.6 Å². The Bertz CT molecular complexity index is 460. The van der Waals surface area contributed by atoms with Crippen molar-refractivity contribution < 1.29 is 0 Å². The number of nitrogens with zero attached hydrogens (tertiary/aromatic N) is 1. The van der Waals surface area contributed by atoms with E-state index in [1.54, 1.807) is 5.54 Å². The smallest absolute Gasteiger partial charge is 0.0535 e. The number of benzene rings is 1. The molecule has 1 fully saturated rings. The fraction of sp³-hybridized carbons (Fsp3) is 0.556. The predicted octanol–water partition coefficient (Wildman–Crippen LogP) is 3.97. The van der Waals surface area contributed by atoms with Crippen molar-refractivity contribution in [1.82, 2.24) is 10.2 Å². The van der Waals surface area contributed by atoms with Gasteiger partial charge in [-0.2, -0.15) is 0 Å². The van der Waals surface area contributed by atoms with E-state index in [4.69, 9.17) is 11.6 Å². The van der Waals surface area contributed by atoms with Crippen LogP contribution >= 0.6 is 11.6 Å². The minimum atomic E-state index is 0.00533. The van der Waals surface area contributed by atoms with Gasteiger partial charge < -0.3 is 5.32 Å². The number of hydrogen-bond donors (Lipinski definition) is 1. The first kappa shape index (κ1) is 16.5. The summed E-state index contributed by atoms with van der Waals surface area (Å²) in [5.74, 6) is 0.682. The largest absolute Gasteiger partial charge is 0.305 e. The highest BCUT2D eigenvalue weighted by Gasteiger charge is 2.37. The van der Waals surface area contributed by atoms with Crippen molar-refractivity contribution in [2.24, 2.45) is 5.92 Å². The molecule has 1 N–H and O–H groups in total. The third-order valence-corrected chi connectivity index (χ3v) is 5.01. The summed E-state index contributed by atoms with van der Waals surface area (Å²) in [6.45, 7) is 9.86. The number of nitrogens with one attached hydrogen (secondary N) is 1. The molecule has 3 heteroatoms. The maximum Gasteiger partial charge on any atom is 0.0535 e. The molecule has 0 aliphatic carbocycles. The molecule has 2 nitrogen and oxygen atoms in total. The van der Waals surface area contributed by atoms with Crippen LogP contribution in [0.1, 0.15) is 32.8 Å². The first-order valence-electron chi connectivity index (χ1n) is 7.90. The van der Waals surface area contributed by atoms with Crippen LogP contribution in [0.3, 0.4) is 0 Å². The Morgan fingerprint density at radius 3 is 2.76 bits per heavy atom. The normalized spacial score (nSPS) is 28.9. The molecule has 3 atom stereocenters. The van der Waals surface area contributed by atoms with Crippen molar-refractivity contribution in [1.29, 1.82) is 0 Å². The second kappa shape index (κ2) is 7.44. The number of halogens is 1. The van der Waals surface area contributed by atoms with Crippen LogP contribution in [-0.4, -0.2) is 30.6 Å². The summed E-state index contributed by atoms with van der Waals surface area (Å²) in [5.41, 5.74) is 2.99. The molecule has 1 aliphatic heterocycles. The molecule has 0 bridgehead atoms. The number of piperazine rings is 1. The SMILES string of the molecule is CCC(C)C1CNC(C)(c2ccccc2)CN1C/C=C/Cl. The lowest BCUT2D eigenvalue weighted by Crippen LogP contribution is -2.62. The zero-order valence-corrected chi connectivity index (χ0v) is 14.1. The molecule has 1 aromatic carbocycles. The van der Waals surface area contributed by atoms with Crippen LogP contribution in [0.2, 0.25) is 0 Å². The van der Waals surface area contributed by atoms with Gasteiger partial charge in [0.05, 0.1) is 5.54 Å². The maximum atomic E-state index is 5.75. The van der Waals surface area contributed by atoms with Crippen molar-refractivity contribution in [3.8, 4) is 0 Å². The third kappa shape index (κ3) is 3.88. The molecule has 0 radical (unpaired) electrons. The summed E-state index contributed by atoms with van der Waals surface area (Å²) in [7, 11) is 0. The Balaban J connectivity index is 2.19. The van der Waals surface area contributed by atoms with Crippen LogP contribution < -0.4 is 5.32 Å². The van der Waals surface area contributed by atoms with Gasteiger partial charge in [-0.1, -0.05) is 68.3 Å². The molecule has 0 amide bonds. The summed E-state index contributed by atoms with van der Waals surface area (Å²) in [6, 6.07) is 11.3. The quantitative estimate of drug-likeness (QED) is 0.885. The van der Waals surface area contributed by atoms with Crippen LogP contribution in [0.5, 0.6) is 0 Å². The lowest BCUT2D eigenvalue weighted by molar-refractivity contribution is 0.0658. The summed E-state index contributed by atoms with van der Waals surface area (Å²) >= 11 is 5.75. The van der Waals surface area contributed by atoms with Crippen LogP contribution in [0.15, 0.2) is 41.9 Å². The predicted molar refractivity (Wildman–Crippen MR) is 91.6 cm³/mol. The van der Waals surface area contributed by atoms with Gasteiger partial charge in [0.2, 0.25) is 0 Å². The van der Waals surface area contributed by atoms with Gasteiger partial charge in [0.25, 0.3) is 0 Å². The topological polar surface area (TPSA) is 15.3 Å². The molecule has 116 valence electrons. The molecule has 1 aliphatic rings. The van der Waals surface area contributed by atoms with Gasteiger partial charge in [-0.05, 0) is 18.4 Å².